The highest BCUT2D eigenvalue weighted by Gasteiger charge is 2.50. The first-order valence-electron chi connectivity index (χ1n) is 18.6. The Kier molecular flexibility index (Phi) is 5.98. The van der Waals surface area contributed by atoms with Crippen LogP contribution in [0.3, 0.4) is 0 Å². The predicted molar refractivity (Wildman–Crippen MR) is 221 cm³/mol. The molecule has 2 aliphatic rings. The lowest BCUT2D eigenvalue weighted by Gasteiger charge is -2.39. The van der Waals surface area contributed by atoms with Gasteiger partial charge in [0.1, 0.15) is 0 Å². The first-order chi connectivity index (χ1) is 26.8. The summed E-state index contributed by atoms with van der Waals surface area (Å²) in [6, 6.07) is 68.4. The summed E-state index contributed by atoms with van der Waals surface area (Å²) in [5.41, 5.74) is 17.5. The zero-order valence-electron chi connectivity index (χ0n) is 29.2. The third-order valence-corrected chi connectivity index (χ3v) is 11.8. The summed E-state index contributed by atoms with van der Waals surface area (Å²) < 4.78 is 2.50. The fourth-order valence-electron chi connectivity index (χ4n) is 9.58. The summed E-state index contributed by atoms with van der Waals surface area (Å²) >= 11 is 0. The van der Waals surface area contributed by atoms with E-state index in [-0.39, 0.29) is 0 Å². The number of fused-ring (bicyclic) bond motifs is 13. The third-order valence-electron chi connectivity index (χ3n) is 11.8. The number of hydrogen-bond acceptors (Lipinski definition) is 2. The third kappa shape index (κ3) is 3.85. The van der Waals surface area contributed by atoms with Gasteiger partial charge in [-0.2, -0.15) is 0 Å². The zero-order chi connectivity index (χ0) is 35.4. The van der Waals surface area contributed by atoms with Crippen molar-refractivity contribution in [3.63, 3.8) is 0 Å². The summed E-state index contributed by atoms with van der Waals surface area (Å²) in [4.78, 5) is 10.2. The fraction of sp³-hybridized carbons (Fsp3) is 0.0196. The molecule has 1 aliphatic heterocycles. The van der Waals surface area contributed by atoms with Crippen molar-refractivity contribution in [1.29, 1.82) is 0 Å². The molecular formula is C51H31N3. The largest absolute Gasteiger partial charge is 0.309 e. The van der Waals surface area contributed by atoms with Crippen LogP contribution in [0.4, 0.5) is 0 Å². The van der Waals surface area contributed by atoms with E-state index in [4.69, 9.17) is 9.97 Å². The molecular weight excluding hydrogens is 655 g/mol. The Bertz CT molecular complexity index is 3160. The van der Waals surface area contributed by atoms with Gasteiger partial charge in [-0.1, -0.05) is 164 Å². The SMILES string of the molecule is c1ccc(-c2nc(-c3ccc(-c4ccc5c(c4)C4(c6ccccc6-5)c5ccccc5-n5c6ccccc6c6cccc4c65)cc3)nc3ccccc23)cc1. The molecule has 1 spiro atoms. The molecule has 1 aliphatic carbocycles. The van der Waals surface area contributed by atoms with Crippen LogP contribution < -0.4 is 0 Å². The van der Waals surface area contributed by atoms with E-state index in [1.54, 1.807) is 0 Å². The van der Waals surface area contributed by atoms with Gasteiger partial charge in [-0.3, -0.25) is 0 Å². The van der Waals surface area contributed by atoms with Gasteiger partial charge in [-0.15, -0.1) is 0 Å². The number of hydrogen-bond donors (Lipinski definition) is 0. The van der Waals surface area contributed by atoms with Crippen LogP contribution in [0.5, 0.6) is 0 Å². The Labute approximate surface area is 312 Å². The number of rotatable bonds is 3. The normalized spacial score (nSPS) is 15.1. The molecule has 3 heterocycles. The maximum atomic E-state index is 5.13. The first-order valence-corrected chi connectivity index (χ1v) is 18.6. The Balaban J connectivity index is 1.06. The minimum atomic E-state index is -0.477. The molecule has 0 N–H and O–H groups in total. The highest BCUT2D eigenvalue weighted by Crippen LogP contribution is 2.61. The molecule has 3 nitrogen and oxygen atoms in total. The molecule has 0 saturated carbocycles. The molecule has 12 rings (SSSR count). The topological polar surface area (TPSA) is 30.7 Å². The monoisotopic (exact) mass is 685 g/mol. The molecule has 1 atom stereocenters. The van der Waals surface area contributed by atoms with E-state index in [9.17, 15) is 0 Å². The molecule has 0 fully saturated rings. The molecule has 1 unspecified atom stereocenters. The molecule has 8 aromatic carbocycles. The van der Waals surface area contributed by atoms with Crippen molar-refractivity contribution in [3.8, 4) is 50.6 Å². The number of benzene rings is 8. The van der Waals surface area contributed by atoms with E-state index in [0.29, 0.717) is 0 Å². The molecule has 54 heavy (non-hydrogen) atoms. The van der Waals surface area contributed by atoms with Crippen molar-refractivity contribution >= 4 is 32.7 Å². The van der Waals surface area contributed by atoms with Crippen molar-refractivity contribution in [3.05, 3.63) is 210 Å². The number of nitrogens with zero attached hydrogens (tertiary/aromatic N) is 3. The van der Waals surface area contributed by atoms with Crippen LogP contribution in [0.15, 0.2) is 188 Å². The van der Waals surface area contributed by atoms with E-state index >= 15 is 0 Å². The van der Waals surface area contributed by atoms with Crippen LogP contribution in [0.25, 0.3) is 83.3 Å². The van der Waals surface area contributed by atoms with Crippen LogP contribution in [-0.2, 0) is 5.41 Å². The maximum Gasteiger partial charge on any atom is 0.160 e. The van der Waals surface area contributed by atoms with Crippen LogP contribution in [-0.4, -0.2) is 14.5 Å². The Hall–Kier alpha value is -7.10. The Morgan fingerprint density at radius 3 is 1.93 bits per heavy atom. The minimum absolute atomic E-state index is 0.477. The van der Waals surface area contributed by atoms with E-state index < -0.39 is 5.41 Å². The van der Waals surface area contributed by atoms with Gasteiger partial charge in [0.2, 0.25) is 0 Å². The second-order valence-electron chi connectivity index (χ2n) is 14.5. The standard InChI is InChI=1S/C51H31N3/c1-2-13-33(14-3-1)48-40-17-5-9-22-45(40)52-50(53-48)34-27-25-32(26-28-34)35-29-30-37-36-15-4-7-19-41(36)51(44(37)31-35)42-20-8-11-24-47(42)54-46-23-10-6-16-38(46)39-18-12-21-43(51)49(39)54/h1-31H. The number of aromatic nitrogens is 3. The van der Waals surface area contributed by atoms with Gasteiger partial charge in [0.05, 0.1) is 33.3 Å². The quantitative estimate of drug-likeness (QED) is 0.185. The minimum Gasteiger partial charge on any atom is -0.309 e. The van der Waals surface area contributed by atoms with Gasteiger partial charge in [-0.05, 0) is 68.8 Å². The van der Waals surface area contributed by atoms with Gasteiger partial charge < -0.3 is 4.57 Å². The lowest BCUT2D eigenvalue weighted by Crippen LogP contribution is -2.33. The highest BCUT2D eigenvalue weighted by molar-refractivity contribution is 6.13. The molecule has 10 aromatic rings. The van der Waals surface area contributed by atoms with Crippen molar-refractivity contribution in [2.75, 3.05) is 0 Å². The van der Waals surface area contributed by atoms with Gasteiger partial charge >= 0.3 is 0 Å². The van der Waals surface area contributed by atoms with E-state index in [0.717, 1.165) is 39.1 Å². The molecule has 2 aromatic heterocycles. The van der Waals surface area contributed by atoms with Crippen LogP contribution in [0, 0.1) is 0 Å². The van der Waals surface area contributed by atoms with Crippen LogP contribution in [0.2, 0.25) is 0 Å². The van der Waals surface area contributed by atoms with Crippen molar-refractivity contribution in [2.24, 2.45) is 0 Å². The first kappa shape index (κ1) is 29.5. The van der Waals surface area contributed by atoms with E-state index in [1.165, 1.54) is 66.4 Å². The van der Waals surface area contributed by atoms with Gasteiger partial charge in [-0.25, -0.2) is 9.97 Å². The summed E-state index contributed by atoms with van der Waals surface area (Å²) in [7, 11) is 0. The lowest BCUT2D eigenvalue weighted by molar-refractivity contribution is 0.749. The van der Waals surface area contributed by atoms with Gasteiger partial charge in [0.25, 0.3) is 0 Å². The fourth-order valence-corrected chi connectivity index (χ4v) is 9.58. The molecule has 0 radical (unpaired) electrons. The zero-order valence-corrected chi connectivity index (χ0v) is 29.2. The average Bonchev–Trinajstić information content (AvgIpc) is 3.74. The molecule has 0 saturated heterocycles. The second-order valence-corrected chi connectivity index (χ2v) is 14.5. The summed E-state index contributed by atoms with van der Waals surface area (Å²) in [6.07, 6.45) is 0. The number of para-hydroxylation sites is 4. The highest BCUT2D eigenvalue weighted by atomic mass is 15.0. The maximum absolute atomic E-state index is 5.13. The smallest absolute Gasteiger partial charge is 0.160 e. The predicted octanol–water partition coefficient (Wildman–Crippen LogP) is 12.4. The average molecular weight is 686 g/mol. The van der Waals surface area contributed by atoms with Gasteiger partial charge in [0, 0.05) is 27.3 Å². The lowest BCUT2D eigenvalue weighted by atomic mass is 9.65. The Morgan fingerprint density at radius 1 is 0.389 bits per heavy atom. The van der Waals surface area contributed by atoms with Crippen LogP contribution in [0.1, 0.15) is 22.3 Å². The van der Waals surface area contributed by atoms with Crippen LogP contribution >= 0.6 is 0 Å². The van der Waals surface area contributed by atoms with Crippen molar-refractivity contribution in [1.82, 2.24) is 14.5 Å². The summed E-state index contributed by atoms with van der Waals surface area (Å²) in [5.74, 6) is 0.727. The summed E-state index contributed by atoms with van der Waals surface area (Å²) in [6.45, 7) is 0. The molecule has 0 bridgehead atoms. The second kappa shape index (κ2) is 11.0. The van der Waals surface area contributed by atoms with Crippen molar-refractivity contribution < 1.29 is 0 Å². The Morgan fingerprint density at radius 2 is 1.04 bits per heavy atom. The van der Waals surface area contributed by atoms with Gasteiger partial charge in [0.15, 0.2) is 5.82 Å². The van der Waals surface area contributed by atoms with E-state index in [2.05, 4.69) is 180 Å². The van der Waals surface area contributed by atoms with E-state index in [1.807, 2.05) is 12.1 Å². The molecule has 0 amide bonds. The molecule has 250 valence electrons. The summed E-state index contributed by atoms with van der Waals surface area (Å²) in [5, 5.41) is 3.63. The molecule has 3 heteroatoms. The van der Waals surface area contributed by atoms with Crippen molar-refractivity contribution in [2.45, 2.75) is 5.41 Å².